The number of nitriles is 1. The Kier molecular flexibility index (Phi) is 4.33. The molecule has 0 N–H and O–H groups in total. The molecule has 1 aromatic rings. The van der Waals surface area contributed by atoms with E-state index >= 15 is 0 Å². The highest BCUT2D eigenvalue weighted by atomic mass is 16.6. The molecule has 0 aliphatic rings. The zero-order valence-electron chi connectivity index (χ0n) is 11.2. The van der Waals surface area contributed by atoms with Gasteiger partial charge in [-0.1, -0.05) is 32.9 Å². The molecule has 0 atom stereocenters. The maximum Gasteiger partial charge on any atom is 0.415 e. The van der Waals surface area contributed by atoms with E-state index in [1.165, 1.54) is 17.5 Å². The van der Waals surface area contributed by atoms with Gasteiger partial charge in [0, 0.05) is 7.05 Å². The van der Waals surface area contributed by atoms with Crippen LogP contribution < -0.4 is 4.74 Å². The van der Waals surface area contributed by atoms with Gasteiger partial charge in [0.2, 0.25) is 0 Å². The number of ether oxygens (including phenoxy) is 1. The SMILES string of the molecule is CN(CC#N)C(=O)Oc1ccc(C(C)(C)C)cc1. The number of amides is 1. The van der Waals surface area contributed by atoms with Crippen LogP contribution >= 0.6 is 0 Å². The summed E-state index contributed by atoms with van der Waals surface area (Å²) in [5, 5.41) is 8.48. The molecule has 0 aliphatic carbocycles. The van der Waals surface area contributed by atoms with Crippen LogP contribution in [-0.2, 0) is 5.41 Å². The third kappa shape index (κ3) is 3.77. The van der Waals surface area contributed by atoms with Gasteiger partial charge in [-0.05, 0) is 23.1 Å². The second-order valence-electron chi connectivity index (χ2n) is 5.16. The quantitative estimate of drug-likeness (QED) is 0.754. The van der Waals surface area contributed by atoms with Crippen LogP contribution in [0.1, 0.15) is 26.3 Å². The Morgan fingerprint density at radius 2 is 1.89 bits per heavy atom. The molecule has 0 radical (unpaired) electrons. The van der Waals surface area contributed by atoms with Crippen molar-refractivity contribution in [1.29, 1.82) is 5.26 Å². The standard InChI is InChI=1S/C14H18N2O2/c1-14(2,3)11-5-7-12(8-6-11)18-13(17)16(4)10-9-15/h5-8H,10H2,1-4H3. The van der Waals surface area contributed by atoms with Crippen LogP contribution in [0, 0.1) is 11.3 Å². The smallest absolute Gasteiger partial charge is 0.410 e. The van der Waals surface area contributed by atoms with Gasteiger partial charge < -0.3 is 4.74 Å². The highest BCUT2D eigenvalue weighted by molar-refractivity contribution is 5.70. The molecule has 0 fully saturated rings. The molecule has 1 rings (SSSR count). The second kappa shape index (κ2) is 5.54. The van der Waals surface area contributed by atoms with E-state index < -0.39 is 6.09 Å². The Morgan fingerprint density at radius 1 is 1.33 bits per heavy atom. The number of hydrogen-bond donors (Lipinski definition) is 0. The summed E-state index contributed by atoms with van der Waals surface area (Å²) in [6.45, 7) is 6.37. The van der Waals surface area contributed by atoms with E-state index in [2.05, 4.69) is 20.8 Å². The van der Waals surface area contributed by atoms with Crippen LogP contribution in [0.3, 0.4) is 0 Å². The summed E-state index contributed by atoms with van der Waals surface area (Å²) in [6, 6.07) is 9.29. The molecule has 96 valence electrons. The van der Waals surface area contributed by atoms with Gasteiger partial charge in [0.25, 0.3) is 0 Å². The lowest BCUT2D eigenvalue weighted by Crippen LogP contribution is -2.29. The molecule has 0 aliphatic heterocycles. The number of carbonyl (C=O) groups excluding carboxylic acids is 1. The first-order valence-electron chi connectivity index (χ1n) is 5.75. The molecular weight excluding hydrogens is 228 g/mol. The predicted molar refractivity (Wildman–Crippen MR) is 69.4 cm³/mol. The molecule has 0 bridgehead atoms. The van der Waals surface area contributed by atoms with E-state index in [0.717, 1.165) is 0 Å². The van der Waals surface area contributed by atoms with Crippen molar-refractivity contribution in [3.63, 3.8) is 0 Å². The first kappa shape index (κ1) is 14.0. The van der Waals surface area contributed by atoms with Crippen molar-refractivity contribution in [2.24, 2.45) is 0 Å². The van der Waals surface area contributed by atoms with Gasteiger partial charge in [0.05, 0.1) is 6.07 Å². The zero-order valence-corrected chi connectivity index (χ0v) is 11.2. The highest BCUT2D eigenvalue weighted by Gasteiger charge is 2.14. The summed E-state index contributed by atoms with van der Waals surface area (Å²) in [7, 11) is 1.52. The molecule has 0 heterocycles. The lowest BCUT2D eigenvalue weighted by molar-refractivity contribution is 0.168. The first-order chi connectivity index (χ1) is 8.34. The molecule has 0 unspecified atom stereocenters. The van der Waals surface area contributed by atoms with Gasteiger partial charge in [-0.2, -0.15) is 5.26 Å². The van der Waals surface area contributed by atoms with Crippen molar-refractivity contribution in [3.8, 4) is 11.8 Å². The molecule has 0 spiro atoms. The third-order valence-corrected chi connectivity index (χ3v) is 2.55. The molecular formula is C14H18N2O2. The minimum Gasteiger partial charge on any atom is -0.410 e. The molecule has 0 saturated carbocycles. The molecule has 0 saturated heterocycles. The fourth-order valence-corrected chi connectivity index (χ4v) is 1.37. The lowest BCUT2D eigenvalue weighted by atomic mass is 9.87. The van der Waals surface area contributed by atoms with Crippen molar-refractivity contribution in [2.75, 3.05) is 13.6 Å². The zero-order chi connectivity index (χ0) is 13.8. The van der Waals surface area contributed by atoms with Crippen molar-refractivity contribution < 1.29 is 9.53 Å². The van der Waals surface area contributed by atoms with Crippen molar-refractivity contribution >= 4 is 6.09 Å². The Labute approximate surface area is 108 Å². The van der Waals surface area contributed by atoms with Gasteiger partial charge >= 0.3 is 6.09 Å². The van der Waals surface area contributed by atoms with Gasteiger partial charge in [-0.15, -0.1) is 0 Å². The number of nitrogens with zero attached hydrogens (tertiary/aromatic N) is 2. The van der Waals surface area contributed by atoms with Crippen LogP contribution in [0.25, 0.3) is 0 Å². The Morgan fingerprint density at radius 3 is 2.33 bits per heavy atom. The first-order valence-corrected chi connectivity index (χ1v) is 5.75. The molecule has 4 nitrogen and oxygen atoms in total. The van der Waals surface area contributed by atoms with E-state index in [0.29, 0.717) is 5.75 Å². The number of carbonyl (C=O) groups is 1. The fourth-order valence-electron chi connectivity index (χ4n) is 1.37. The van der Waals surface area contributed by atoms with Crippen LogP contribution in [0.4, 0.5) is 4.79 Å². The summed E-state index contributed by atoms with van der Waals surface area (Å²) in [5.74, 6) is 0.484. The molecule has 1 amide bonds. The van der Waals surface area contributed by atoms with E-state index in [1.807, 2.05) is 18.2 Å². The average molecular weight is 246 g/mol. The predicted octanol–water partition coefficient (Wildman–Crippen LogP) is 2.94. The van der Waals surface area contributed by atoms with Crippen molar-refractivity contribution in [1.82, 2.24) is 4.90 Å². The third-order valence-electron chi connectivity index (χ3n) is 2.55. The van der Waals surface area contributed by atoms with Crippen molar-refractivity contribution in [2.45, 2.75) is 26.2 Å². The molecule has 4 heteroatoms. The Bertz CT molecular complexity index is 452. The van der Waals surface area contributed by atoms with Crippen LogP contribution in [0.5, 0.6) is 5.75 Å². The van der Waals surface area contributed by atoms with Gasteiger partial charge in [-0.3, -0.25) is 4.90 Å². The van der Waals surface area contributed by atoms with Crippen molar-refractivity contribution in [3.05, 3.63) is 29.8 Å². The number of hydrogen-bond acceptors (Lipinski definition) is 3. The van der Waals surface area contributed by atoms with E-state index in [-0.39, 0.29) is 12.0 Å². The normalized spacial score (nSPS) is 10.6. The largest absolute Gasteiger partial charge is 0.415 e. The topological polar surface area (TPSA) is 53.3 Å². The maximum atomic E-state index is 11.5. The minimum absolute atomic E-state index is 0.0128. The summed E-state index contributed by atoms with van der Waals surface area (Å²) in [6.07, 6.45) is -0.528. The van der Waals surface area contributed by atoms with Crippen LogP contribution in [0.15, 0.2) is 24.3 Å². The van der Waals surface area contributed by atoms with Gasteiger partial charge in [-0.25, -0.2) is 4.79 Å². The maximum absolute atomic E-state index is 11.5. The van der Waals surface area contributed by atoms with Crippen LogP contribution in [0.2, 0.25) is 0 Å². The summed E-state index contributed by atoms with van der Waals surface area (Å²) >= 11 is 0. The Hall–Kier alpha value is -2.02. The molecule has 18 heavy (non-hydrogen) atoms. The van der Waals surface area contributed by atoms with Gasteiger partial charge in [0.1, 0.15) is 12.3 Å². The van der Waals surface area contributed by atoms with E-state index in [9.17, 15) is 4.79 Å². The second-order valence-corrected chi connectivity index (χ2v) is 5.16. The number of rotatable bonds is 2. The summed E-state index contributed by atoms with van der Waals surface area (Å²) in [5.41, 5.74) is 1.24. The van der Waals surface area contributed by atoms with E-state index in [1.54, 1.807) is 12.1 Å². The minimum atomic E-state index is -0.528. The fraction of sp³-hybridized carbons (Fsp3) is 0.429. The highest BCUT2D eigenvalue weighted by Crippen LogP contribution is 2.24. The Balaban J connectivity index is 2.70. The van der Waals surface area contributed by atoms with Crippen LogP contribution in [-0.4, -0.2) is 24.6 Å². The van der Waals surface area contributed by atoms with E-state index in [4.69, 9.17) is 10.00 Å². The average Bonchev–Trinajstić information content (AvgIpc) is 2.28. The molecule has 0 aromatic heterocycles. The number of benzene rings is 1. The summed E-state index contributed by atoms with van der Waals surface area (Å²) < 4.78 is 5.13. The monoisotopic (exact) mass is 246 g/mol. The molecule has 1 aromatic carbocycles. The van der Waals surface area contributed by atoms with Gasteiger partial charge in [0.15, 0.2) is 0 Å². The lowest BCUT2D eigenvalue weighted by Gasteiger charge is -2.19. The summed E-state index contributed by atoms with van der Waals surface area (Å²) in [4.78, 5) is 12.8.